The second-order valence-electron chi connectivity index (χ2n) is 2.77. The van der Waals surface area contributed by atoms with Gasteiger partial charge in [0.2, 0.25) is 0 Å². The highest BCUT2D eigenvalue weighted by Crippen LogP contribution is 2.27. The Bertz CT molecular complexity index is 395. The molecule has 0 bridgehead atoms. The highest BCUT2D eigenvalue weighted by molar-refractivity contribution is 14.1. The number of nitrogens with zero attached hydrogens (tertiary/aromatic N) is 1. The zero-order chi connectivity index (χ0) is 11.6. The van der Waals surface area contributed by atoms with Crippen LogP contribution in [-0.2, 0) is 4.84 Å². The van der Waals surface area contributed by atoms with Gasteiger partial charge in [0.15, 0.2) is 0 Å². The van der Waals surface area contributed by atoms with E-state index in [2.05, 4.69) is 22.6 Å². The van der Waals surface area contributed by atoms with Crippen molar-refractivity contribution in [3.63, 3.8) is 0 Å². The summed E-state index contributed by atoms with van der Waals surface area (Å²) >= 11 is 4.07. The first kappa shape index (κ1) is 13.0. The molecule has 0 unspecified atom stereocenters. The molecule has 1 aromatic carbocycles. The predicted molar refractivity (Wildman–Crippen MR) is 72.6 cm³/mol. The molecule has 0 aliphatic heterocycles. The molecule has 0 saturated heterocycles. The van der Waals surface area contributed by atoms with Crippen LogP contribution in [0.5, 0.6) is 5.75 Å². The molecular formula is C9H9I2NO3. The Hall–Kier alpha value is -0.0900. The van der Waals surface area contributed by atoms with Crippen LogP contribution in [0.25, 0.3) is 0 Å². The van der Waals surface area contributed by atoms with E-state index in [1.807, 2.05) is 22.6 Å². The SMILES string of the molecule is CON(C)C(=O)c1cc(I)cc(I)c1O. The van der Waals surface area contributed by atoms with Gasteiger partial charge < -0.3 is 5.11 Å². The minimum atomic E-state index is -0.369. The Morgan fingerprint density at radius 1 is 1.47 bits per heavy atom. The second kappa shape index (κ2) is 5.30. The summed E-state index contributed by atoms with van der Waals surface area (Å²) in [6.07, 6.45) is 0. The molecule has 0 heterocycles. The zero-order valence-electron chi connectivity index (χ0n) is 8.12. The van der Waals surface area contributed by atoms with E-state index in [1.165, 1.54) is 14.2 Å². The van der Waals surface area contributed by atoms with Crippen LogP contribution in [0.3, 0.4) is 0 Å². The van der Waals surface area contributed by atoms with Gasteiger partial charge in [-0.1, -0.05) is 0 Å². The first-order chi connectivity index (χ1) is 6.97. The molecule has 1 N–H and O–H groups in total. The molecular weight excluding hydrogens is 424 g/mol. The average Bonchev–Trinajstić information content (AvgIpc) is 2.21. The van der Waals surface area contributed by atoms with Crippen molar-refractivity contribution in [1.82, 2.24) is 5.06 Å². The van der Waals surface area contributed by atoms with E-state index in [0.717, 1.165) is 8.63 Å². The molecule has 0 aliphatic carbocycles. The molecule has 6 heteroatoms. The van der Waals surface area contributed by atoms with E-state index in [0.29, 0.717) is 3.57 Å². The number of phenolic OH excluding ortho intramolecular Hbond substituents is 1. The summed E-state index contributed by atoms with van der Waals surface area (Å²) in [4.78, 5) is 16.5. The van der Waals surface area contributed by atoms with Gasteiger partial charge in [-0.05, 0) is 57.3 Å². The van der Waals surface area contributed by atoms with E-state index < -0.39 is 0 Å². The minimum absolute atomic E-state index is 0.00934. The topological polar surface area (TPSA) is 49.8 Å². The van der Waals surface area contributed by atoms with Gasteiger partial charge in [0.1, 0.15) is 5.75 Å². The summed E-state index contributed by atoms with van der Waals surface area (Å²) in [5.41, 5.74) is 0.246. The monoisotopic (exact) mass is 433 g/mol. The van der Waals surface area contributed by atoms with Gasteiger partial charge in [-0.25, -0.2) is 5.06 Å². The third kappa shape index (κ3) is 2.94. The van der Waals surface area contributed by atoms with Crippen LogP contribution in [0, 0.1) is 7.14 Å². The first-order valence-corrected chi connectivity index (χ1v) is 6.13. The van der Waals surface area contributed by atoms with Crippen molar-refractivity contribution in [3.05, 3.63) is 24.8 Å². The maximum atomic E-state index is 11.7. The first-order valence-electron chi connectivity index (χ1n) is 3.97. The molecule has 0 aromatic heterocycles. The molecule has 1 aromatic rings. The number of hydroxylamine groups is 2. The predicted octanol–water partition coefficient (Wildman–Crippen LogP) is 2.23. The molecule has 0 aliphatic rings. The lowest BCUT2D eigenvalue weighted by Crippen LogP contribution is -2.25. The number of halogens is 2. The fourth-order valence-corrected chi connectivity index (χ4v) is 2.83. The lowest BCUT2D eigenvalue weighted by atomic mass is 10.2. The van der Waals surface area contributed by atoms with Crippen molar-refractivity contribution in [3.8, 4) is 5.75 Å². The van der Waals surface area contributed by atoms with Crippen LogP contribution < -0.4 is 0 Å². The van der Waals surface area contributed by atoms with E-state index in [1.54, 1.807) is 12.1 Å². The molecule has 0 spiro atoms. The van der Waals surface area contributed by atoms with E-state index in [4.69, 9.17) is 4.84 Å². The van der Waals surface area contributed by atoms with Crippen molar-refractivity contribution in [2.75, 3.05) is 14.2 Å². The summed E-state index contributed by atoms with van der Waals surface area (Å²) in [5.74, 6) is -0.378. The summed E-state index contributed by atoms with van der Waals surface area (Å²) in [6.45, 7) is 0. The summed E-state index contributed by atoms with van der Waals surface area (Å²) in [6, 6.07) is 3.41. The van der Waals surface area contributed by atoms with Gasteiger partial charge in [-0.2, -0.15) is 0 Å². The fraction of sp³-hybridized carbons (Fsp3) is 0.222. The molecule has 15 heavy (non-hydrogen) atoms. The normalized spacial score (nSPS) is 10.1. The Labute approximate surface area is 115 Å². The van der Waals surface area contributed by atoms with E-state index >= 15 is 0 Å². The number of phenols is 1. The van der Waals surface area contributed by atoms with Crippen LogP contribution in [0.15, 0.2) is 12.1 Å². The minimum Gasteiger partial charge on any atom is -0.506 e. The molecule has 0 radical (unpaired) electrons. The Morgan fingerprint density at radius 2 is 2.07 bits per heavy atom. The van der Waals surface area contributed by atoms with Crippen LogP contribution in [0.4, 0.5) is 0 Å². The largest absolute Gasteiger partial charge is 0.506 e. The van der Waals surface area contributed by atoms with Crippen molar-refractivity contribution >= 4 is 51.1 Å². The maximum Gasteiger partial charge on any atom is 0.280 e. The van der Waals surface area contributed by atoms with E-state index in [9.17, 15) is 9.90 Å². The van der Waals surface area contributed by atoms with Gasteiger partial charge in [0, 0.05) is 10.6 Å². The summed E-state index contributed by atoms with van der Waals surface area (Å²) in [7, 11) is 2.89. The molecule has 0 atom stereocenters. The lowest BCUT2D eigenvalue weighted by Gasteiger charge is -2.15. The van der Waals surface area contributed by atoms with Gasteiger partial charge >= 0.3 is 0 Å². The second-order valence-corrected chi connectivity index (χ2v) is 5.18. The number of carbonyl (C=O) groups is 1. The third-order valence-corrected chi connectivity index (χ3v) is 3.26. The maximum absolute atomic E-state index is 11.7. The number of aromatic hydroxyl groups is 1. The number of carbonyl (C=O) groups excluding carboxylic acids is 1. The Morgan fingerprint density at radius 3 is 2.60 bits per heavy atom. The van der Waals surface area contributed by atoms with Crippen LogP contribution in [0.2, 0.25) is 0 Å². The molecule has 1 amide bonds. The zero-order valence-corrected chi connectivity index (χ0v) is 12.4. The van der Waals surface area contributed by atoms with Gasteiger partial charge in [-0.15, -0.1) is 0 Å². The highest BCUT2D eigenvalue weighted by Gasteiger charge is 2.18. The average molecular weight is 433 g/mol. The van der Waals surface area contributed by atoms with Crippen molar-refractivity contribution < 1.29 is 14.7 Å². The third-order valence-electron chi connectivity index (χ3n) is 1.82. The Kier molecular flexibility index (Phi) is 4.59. The van der Waals surface area contributed by atoms with E-state index in [-0.39, 0.29) is 17.2 Å². The molecule has 4 nitrogen and oxygen atoms in total. The quantitative estimate of drug-likeness (QED) is 0.576. The van der Waals surface area contributed by atoms with Crippen LogP contribution in [-0.4, -0.2) is 30.2 Å². The van der Waals surface area contributed by atoms with Crippen molar-refractivity contribution in [1.29, 1.82) is 0 Å². The number of amides is 1. The number of benzene rings is 1. The number of hydrogen-bond acceptors (Lipinski definition) is 3. The van der Waals surface area contributed by atoms with Crippen molar-refractivity contribution in [2.24, 2.45) is 0 Å². The molecule has 1 rings (SSSR count). The molecule has 82 valence electrons. The van der Waals surface area contributed by atoms with Crippen LogP contribution >= 0.6 is 45.2 Å². The van der Waals surface area contributed by atoms with Gasteiger partial charge in [0.05, 0.1) is 16.2 Å². The molecule has 0 saturated carbocycles. The van der Waals surface area contributed by atoms with Gasteiger partial charge in [-0.3, -0.25) is 9.63 Å². The standard InChI is InChI=1S/C9H9I2NO3/c1-12(15-2)9(14)6-3-5(10)4-7(11)8(6)13/h3-4,13H,1-2H3. The summed E-state index contributed by atoms with van der Waals surface area (Å²) < 4.78 is 1.54. The fourth-order valence-electron chi connectivity index (χ4n) is 0.982. The van der Waals surface area contributed by atoms with Crippen molar-refractivity contribution in [2.45, 2.75) is 0 Å². The summed E-state index contributed by atoms with van der Waals surface area (Å²) in [5, 5.41) is 10.8. The molecule has 0 fully saturated rings. The Balaban J connectivity index is 3.19. The number of hydrogen-bond donors (Lipinski definition) is 1. The smallest absolute Gasteiger partial charge is 0.280 e. The van der Waals surface area contributed by atoms with Gasteiger partial charge in [0.25, 0.3) is 5.91 Å². The van der Waals surface area contributed by atoms with Crippen LogP contribution in [0.1, 0.15) is 10.4 Å². The lowest BCUT2D eigenvalue weighted by molar-refractivity contribution is -0.0758. The highest BCUT2D eigenvalue weighted by atomic mass is 127. The number of rotatable bonds is 2.